The van der Waals surface area contributed by atoms with Crippen molar-refractivity contribution in [2.75, 3.05) is 5.73 Å². The van der Waals surface area contributed by atoms with Gasteiger partial charge in [-0.25, -0.2) is 0 Å². The molecule has 0 heterocycles. The Kier molecular flexibility index (Phi) is 2.76. The Morgan fingerprint density at radius 3 is 2.62 bits per heavy atom. The summed E-state index contributed by atoms with van der Waals surface area (Å²) in [6.07, 6.45) is -0.414. The van der Waals surface area contributed by atoms with Crippen LogP contribution in [0.2, 0.25) is 0 Å². The zero-order chi connectivity index (χ0) is 9.84. The van der Waals surface area contributed by atoms with E-state index in [0.29, 0.717) is 12.6 Å². The largest absolute Gasteiger partial charge is 0.398 e. The number of aldehydes is 2. The van der Waals surface area contributed by atoms with E-state index < -0.39 is 6.10 Å². The summed E-state index contributed by atoms with van der Waals surface area (Å²) in [5, 5.41) is 9.18. The molecule has 0 spiro atoms. The third kappa shape index (κ3) is 1.73. The molecule has 1 atom stereocenters. The van der Waals surface area contributed by atoms with Gasteiger partial charge in [-0.2, -0.15) is 0 Å². The first-order valence-corrected chi connectivity index (χ1v) is 3.67. The topological polar surface area (TPSA) is 80.4 Å². The fraction of sp³-hybridized carbons (Fsp3) is 0.111. The minimum Gasteiger partial charge on any atom is -0.398 e. The Morgan fingerprint density at radius 1 is 1.38 bits per heavy atom. The molecule has 0 bridgehead atoms. The molecule has 4 heteroatoms. The highest BCUT2D eigenvalue weighted by molar-refractivity contribution is 5.87. The molecule has 0 aliphatic heterocycles. The van der Waals surface area contributed by atoms with Crippen molar-refractivity contribution in [1.29, 1.82) is 0 Å². The maximum absolute atomic E-state index is 10.6. The van der Waals surface area contributed by atoms with Gasteiger partial charge >= 0.3 is 0 Å². The second-order valence-electron chi connectivity index (χ2n) is 2.55. The van der Waals surface area contributed by atoms with Crippen molar-refractivity contribution in [3.63, 3.8) is 0 Å². The summed E-state index contributed by atoms with van der Waals surface area (Å²) >= 11 is 0. The van der Waals surface area contributed by atoms with Gasteiger partial charge in [0.2, 0.25) is 0 Å². The third-order valence-corrected chi connectivity index (χ3v) is 1.74. The maximum atomic E-state index is 10.6. The molecular weight excluding hydrogens is 170 g/mol. The van der Waals surface area contributed by atoms with Crippen molar-refractivity contribution in [2.24, 2.45) is 0 Å². The van der Waals surface area contributed by atoms with Crippen LogP contribution >= 0.6 is 0 Å². The quantitative estimate of drug-likeness (QED) is 0.517. The van der Waals surface area contributed by atoms with E-state index >= 15 is 0 Å². The van der Waals surface area contributed by atoms with E-state index in [1.165, 1.54) is 12.1 Å². The second-order valence-corrected chi connectivity index (χ2v) is 2.55. The highest BCUT2D eigenvalue weighted by Gasteiger charge is 2.12. The van der Waals surface area contributed by atoms with Crippen LogP contribution in [-0.4, -0.2) is 17.7 Å². The van der Waals surface area contributed by atoms with Gasteiger partial charge in [-0.1, -0.05) is 12.1 Å². The minimum atomic E-state index is -1.29. The number of nitrogen functional groups attached to an aromatic ring is 1. The van der Waals surface area contributed by atoms with Crippen LogP contribution in [0.4, 0.5) is 5.69 Å². The lowest BCUT2D eigenvalue weighted by atomic mass is 10.0. The van der Waals surface area contributed by atoms with Gasteiger partial charge in [0.05, 0.1) is 0 Å². The number of rotatable bonds is 3. The third-order valence-electron chi connectivity index (χ3n) is 1.74. The van der Waals surface area contributed by atoms with Gasteiger partial charge in [0.15, 0.2) is 12.6 Å². The summed E-state index contributed by atoms with van der Waals surface area (Å²) in [5.74, 6) is 0. The van der Waals surface area contributed by atoms with Gasteiger partial charge in [-0.15, -0.1) is 0 Å². The van der Waals surface area contributed by atoms with Crippen molar-refractivity contribution in [3.8, 4) is 0 Å². The molecular formula is C9H9NO3. The van der Waals surface area contributed by atoms with Crippen LogP contribution in [0.3, 0.4) is 0 Å². The summed E-state index contributed by atoms with van der Waals surface area (Å²) in [6.45, 7) is 0. The summed E-state index contributed by atoms with van der Waals surface area (Å²) in [7, 11) is 0. The molecule has 0 saturated carbocycles. The Morgan fingerprint density at radius 2 is 2.08 bits per heavy atom. The number of aliphatic hydroxyl groups excluding tert-OH is 1. The Bertz CT molecular complexity index is 336. The normalized spacial score (nSPS) is 12.1. The molecule has 0 amide bonds. The van der Waals surface area contributed by atoms with Gasteiger partial charge in [0.1, 0.15) is 6.10 Å². The zero-order valence-corrected chi connectivity index (χ0v) is 6.81. The molecule has 3 N–H and O–H groups in total. The molecule has 1 aromatic carbocycles. The highest BCUT2D eigenvalue weighted by Crippen LogP contribution is 2.20. The summed E-state index contributed by atoms with van der Waals surface area (Å²) in [5.41, 5.74) is 6.13. The van der Waals surface area contributed by atoms with E-state index in [1.807, 2.05) is 0 Å². The van der Waals surface area contributed by atoms with Crippen LogP contribution in [0.25, 0.3) is 0 Å². The van der Waals surface area contributed by atoms with E-state index in [1.54, 1.807) is 6.07 Å². The second kappa shape index (κ2) is 3.82. The van der Waals surface area contributed by atoms with Crippen LogP contribution in [0, 0.1) is 0 Å². The average molecular weight is 179 g/mol. The first-order valence-electron chi connectivity index (χ1n) is 3.67. The minimum absolute atomic E-state index is 0.169. The number of nitrogens with two attached hydrogens (primary N) is 1. The molecule has 13 heavy (non-hydrogen) atoms. The number of anilines is 1. The van der Waals surface area contributed by atoms with Gasteiger partial charge in [-0.3, -0.25) is 4.79 Å². The Balaban J connectivity index is 3.27. The number of carbonyl (C=O) groups excluding carboxylic acids is 2. The predicted octanol–water partition coefficient (Wildman–Crippen LogP) is 0.314. The van der Waals surface area contributed by atoms with Crippen LogP contribution in [-0.2, 0) is 4.79 Å². The van der Waals surface area contributed by atoms with E-state index in [-0.39, 0.29) is 16.8 Å². The van der Waals surface area contributed by atoms with Crippen LogP contribution in [0.5, 0.6) is 0 Å². The molecule has 68 valence electrons. The standard InChI is InChI=1S/C9H9NO3/c10-8-3-1-2-6(7(8)4-11)9(13)5-12/h1-5,9,13H,10H2. The van der Waals surface area contributed by atoms with Crippen molar-refractivity contribution >= 4 is 18.3 Å². The van der Waals surface area contributed by atoms with Crippen molar-refractivity contribution in [1.82, 2.24) is 0 Å². The Labute approximate surface area is 75.0 Å². The smallest absolute Gasteiger partial charge is 0.153 e. The Hall–Kier alpha value is -1.68. The SMILES string of the molecule is Nc1cccc(C(O)C=O)c1C=O. The first kappa shape index (κ1) is 9.41. The summed E-state index contributed by atoms with van der Waals surface area (Å²) in [6, 6.07) is 4.59. The van der Waals surface area contributed by atoms with E-state index in [9.17, 15) is 14.7 Å². The summed E-state index contributed by atoms with van der Waals surface area (Å²) < 4.78 is 0. The number of benzene rings is 1. The van der Waals surface area contributed by atoms with Crippen LogP contribution in [0.1, 0.15) is 22.0 Å². The number of carbonyl (C=O) groups is 2. The highest BCUT2D eigenvalue weighted by atomic mass is 16.3. The molecule has 0 saturated heterocycles. The lowest BCUT2D eigenvalue weighted by molar-refractivity contribution is -0.115. The van der Waals surface area contributed by atoms with E-state index in [0.717, 1.165) is 0 Å². The molecule has 4 nitrogen and oxygen atoms in total. The lowest BCUT2D eigenvalue weighted by Crippen LogP contribution is -2.05. The zero-order valence-electron chi connectivity index (χ0n) is 6.81. The predicted molar refractivity (Wildman–Crippen MR) is 47.3 cm³/mol. The van der Waals surface area contributed by atoms with Gasteiger partial charge in [0, 0.05) is 16.8 Å². The van der Waals surface area contributed by atoms with Crippen molar-refractivity contribution in [3.05, 3.63) is 29.3 Å². The van der Waals surface area contributed by atoms with Crippen LogP contribution in [0.15, 0.2) is 18.2 Å². The van der Waals surface area contributed by atoms with E-state index in [2.05, 4.69) is 0 Å². The van der Waals surface area contributed by atoms with E-state index in [4.69, 9.17) is 5.73 Å². The van der Waals surface area contributed by atoms with Crippen molar-refractivity contribution in [2.45, 2.75) is 6.10 Å². The van der Waals surface area contributed by atoms with Gasteiger partial charge in [-0.05, 0) is 6.07 Å². The molecule has 0 aliphatic rings. The fourth-order valence-electron chi connectivity index (χ4n) is 1.07. The number of aliphatic hydroxyl groups is 1. The molecule has 0 aliphatic carbocycles. The van der Waals surface area contributed by atoms with Crippen LogP contribution < -0.4 is 5.73 Å². The molecule has 0 radical (unpaired) electrons. The average Bonchev–Trinajstić information content (AvgIpc) is 2.16. The maximum Gasteiger partial charge on any atom is 0.153 e. The fourth-order valence-corrected chi connectivity index (χ4v) is 1.07. The molecule has 1 aromatic rings. The van der Waals surface area contributed by atoms with Gasteiger partial charge in [0.25, 0.3) is 0 Å². The number of hydrogen-bond donors (Lipinski definition) is 2. The number of hydrogen-bond acceptors (Lipinski definition) is 4. The first-order chi connectivity index (χ1) is 6.20. The molecule has 1 unspecified atom stereocenters. The molecule has 0 aromatic heterocycles. The molecule has 1 rings (SSSR count). The summed E-state index contributed by atoms with van der Waals surface area (Å²) in [4.78, 5) is 20.8. The lowest BCUT2D eigenvalue weighted by Gasteiger charge is -2.07. The van der Waals surface area contributed by atoms with Crippen molar-refractivity contribution < 1.29 is 14.7 Å². The molecule has 0 fully saturated rings. The van der Waals surface area contributed by atoms with Gasteiger partial charge < -0.3 is 15.6 Å². The monoisotopic (exact) mass is 179 g/mol.